The van der Waals surface area contributed by atoms with Gasteiger partial charge in [-0.3, -0.25) is 0 Å². The van der Waals surface area contributed by atoms with Crippen molar-refractivity contribution >= 4 is 10.0 Å². The highest BCUT2D eigenvalue weighted by atomic mass is 32.2. The van der Waals surface area contributed by atoms with Crippen LogP contribution >= 0.6 is 0 Å². The Bertz CT molecular complexity index is 296. The summed E-state index contributed by atoms with van der Waals surface area (Å²) in [6.45, 7) is 3.06. The highest BCUT2D eigenvalue weighted by Gasteiger charge is 2.31. The molecule has 1 atom stereocenters. The summed E-state index contributed by atoms with van der Waals surface area (Å²) in [6.07, 6.45) is 2.71. The Hall–Kier alpha value is -0.170. The molecule has 1 fully saturated rings. The molecular formula is C10H21NO4S. The highest BCUT2D eigenvalue weighted by Crippen LogP contribution is 2.19. The average molecular weight is 251 g/mol. The van der Waals surface area contributed by atoms with Gasteiger partial charge in [-0.1, -0.05) is 0 Å². The summed E-state index contributed by atoms with van der Waals surface area (Å²) in [7, 11) is -3.25. The number of unbranched alkanes of at least 4 members (excludes halogenated alkanes) is 1. The van der Waals surface area contributed by atoms with Gasteiger partial charge in [-0.2, -0.15) is 0 Å². The predicted molar refractivity (Wildman–Crippen MR) is 61.7 cm³/mol. The molecule has 1 unspecified atom stereocenters. The molecule has 16 heavy (non-hydrogen) atoms. The lowest BCUT2D eigenvalue weighted by atomic mass is 9.97. The van der Waals surface area contributed by atoms with Crippen LogP contribution in [0.15, 0.2) is 0 Å². The van der Waals surface area contributed by atoms with Crippen LogP contribution in [0, 0.1) is 0 Å². The Morgan fingerprint density at radius 2 is 2.19 bits per heavy atom. The molecule has 96 valence electrons. The van der Waals surface area contributed by atoms with E-state index >= 15 is 0 Å². The molecule has 5 nitrogen and oxygen atoms in total. The summed E-state index contributed by atoms with van der Waals surface area (Å²) in [5, 5.41) is 8.60. The summed E-state index contributed by atoms with van der Waals surface area (Å²) in [6, 6.07) is 0. The molecule has 0 amide bonds. The van der Waals surface area contributed by atoms with Crippen molar-refractivity contribution in [1.29, 1.82) is 0 Å². The number of hydrogen-bond donors (Lipinski definition) is 2. The Kier molecular flexibility index (Phi) is 5.17. The van der Waals surface area contributed by atoms with Crippen LogP contribution in [0.5, 0.6) is 0 Å². The number of hydrogen-bond acceptors (Lipinski definition) is 4. The maximum atomic E-state index is 11.7. The number of sulfonamides is 1. The van der Waals surface area contributed by atoms with Crippen molar-refractivity contribution in [3.8, 4) is 0 Å². The third-order valence-corrected chi connectivity index (χ3v) is 4.29. The van der Waals surface area contributed by atoms with Crippen LogP contribution in [0.3, 0.4) is 0 Å². The molecule has 0 bridgehead atoms. The molecular weight excluding hydrogens is 230 g/mol. The van der Waals surface area contributed by atoms with Crippen molar-refractivity contribution in [3.05, 3.63) is 0 Å². The summed E-state index contributed by atoms with van der Waals surface area (Å²) in [4.78, 5) is 0. The molecule has 0 aromatic heterocycles. The lowest BCUT2D eigenvalue weighted by Gasteiger charge is -2.33. The Balaban J connectivity index is 2.44. The zero-order valence-corrected chi connectivity index (χ0v) is 10.6. The van der Waals surface area contributed by atoms with Crippen LogP contribution in [-0.2, 0) is 14.8 Å². The van der Waals surface area contributed by atoms with Crippen LogP contribution in [0.2, 0.25) is 0 Å². The molecule has 0 aromatic rings. The minimum absolute atomic E-state index is 0.0376. The van der Waals surface area contributed by atoms with Crippen molar-refractivity contribution in [3.63, 3.8) is 0 Å². The molecule has 1 heterocycles. The van der Waals surface area contributed by atoms with E-state index in [-0.39, 0.29) is 12.4 Å². The van der Waals surface area contributed by atoms with Gasteiger partial charge in [-0.15, -0.1) is 0 Å². The maximum Gasteiger partial charge on any atom is 0.212 e. The van der Waals surface area contributed by atoms with Crippen molar-refractivity contribution < 1.29 is 18.3 Å². The summed E-state index contributed by atoms with van der Waals surface area (Å²) < 4.78 is 31.4. The quantitative estimate of drug-likeness (QED) is 0.663. The van der Waals surface area contributed by atoms with Gasteiger partial charge in [-0.05, 0) is 32.6 Å². The summed E-state index contributed by atoms with van der Waals surface area (Å²) >= 11 is 0. The normalized spacial score (nSPS) is 26.9. The maximum absolute atomic E-state index is 11.7. The van der Waals surface area contributed by atoms with E-state index in [0.29, 0.717) is 26.1 Å². The lowest BCUT2D eigenvalue weighted by molar-refractivity contribution is 0.0386. The van der Waals surface area contributed by atoms with Gasteiger partial charge < -0.3 is 9.84 Å². The average Bonchev–Trinajstić information content (AvgIpc) is 2.17. The lowest BCUT2D eigenvalue weighted by Crippen LogP contribution is -2.52. The molecule has 0 radical (unpaired) electrons. The van der Waals surface area contributed by atoms with E-state index in [1.807, 2.05) is 6.92 Å². The number of aliphatic hydroxyl groups excluding tert-OH is 1. The van der Waals surface area contributed by atoms with Crippen molar-refractivity contribution in [2.75, 3.05) is 25.6 Å². The molecule has 0 aliphatic carbocycles. The van der Waals surface area contributed by atoms with Crippen molar-refractivity contribution in [2.45, 2.75) is 38.1 Å². The second-order valence-electron chi connectivity index (χ2n) is 4.57. The van der Waals surface area contributed by atoms with Crippen LogP contribution in [-0.4, -0.2) is 44.6 Å². The van der Waals surface area contributed by atoms with Crippen molar-refractivity contribution in [1.82, 2.24) is 4.72 Å². The van der Waals surface area contributed by atoms with E-state index in [9.17, 15) is 8.42 Å². The van der Waals surface area contributed by atoms with E-state index in [2.05, 4.69) is 4.72 Å². The van der Waals surface area contributed by atoms with E-state index in [0.717, 1.165) is 12.8 Å². The van der Waals surface area contributed by atoms with Gasteiger partial charge in [0.15, 0.2) is 0 Å². The zero-order chi connectivity index (χ0) is 12.1. The topological polar surface area (TPSA) is 75.6 Å². The van der Waals surface area contributed by atoms with Crippen LogP contribution < -0.4 is 4.72 Å². The standard InChI is InChI=1S/C10H21NO4S/c1-10(5-4-7-15-9-10)11-16(13,14)8-3-2-6-12/h11-12H,2-9H2,1H3. The van der Waals surface area contributed by atoms with Crippen molar-refractivity contribution in [2.24, 2.45) is 0 Å². The second kappa shape index (κ2) is 5.95. The summed E-state index contributed by atoms with van der Waals surface area (Å²) in [5.74, 6) is 0.0726. The molecule has 1 aliphatic heterocycles. The minimum Gasteiger partial charge on any atom is -0.396 e. The third kappa shape index (κ3) is 4.78. The van der Waals surface area contributed by atoms with Gasteiger partial charge >= 0.3 is 0 Å². The van der Waals surface area contributed by atoms with Crippen LogP contribution in [0.25, 0.3) is 0 Å². The third-order valence-electron chi connectivity index (χ3n) is 2.66. The van der Waals surface area contributed by atoms with E-state index < -0.39 is 15.6 Å². The number of nitrogens with one attached hydrogen (secondary N) is 1. The Morgan fingerprint density at radius 1 is 1.44 bits per heavy atom. The van der Waals surface area contributed by atoms with E-state index in [1.54, 1.807) is 0 Å². The first-order chi connectivity index (χ1) is 7.47. The summed E-state index contributed by atoms with van der Waals surface area (Å²) in [5.41, 5.74) is -0.462. The molecule has 1 saturated heterocycles. The van der Waals surface area contributed by atoms with Gasteiger partial charge in [-0.25, -0.2) is 13.1 Å². The van der Waals surface area contributed by atoms with Gasteiger partial charge in [0.25, 0.3) is 0 Å². The monoisotopic (exact) mass is 251 g/mol. The first kappa shape index (κ1) is 13.9. The van der Waals surface area contributed by atoms with Gasteiger partial charge in [0, 0.05) is 13.2 Å². The number of rotatable bonds is 6. The molecule has 6 heteroatoms. The smallest absolute Gasteiger partial charge is 0.212 e. The van der Waals surface area contributed by atoms with Gasteiger partial charge in [0.1, 0.15) is 0 Å². The highest BCUT2D eigenvalue weighted by molar-refractivity contribution is 7.89. The fourth-order valence-electron chi connectivity index (χ4n) is 1.84. The first-order valence-corrected chi connectivity index (χ1v) is 7.33. The molecule has 1 aliphatic rings. The second-order valence-corrected chi connectivity index (χ2v) is 6.41. The zero-order valence-electron chi connectivity index (χ0n) is 9.74. The number of aliphatic hydroxyl groups is 1. The molecule has 0 saturated carbocycles. The SMILES string of the molecule is CC1(NS(=O)(=O)CCCCO)CCCOC1. The fraction of sp³-hybridized carbons (Fsp3) is 1.00. The Morgan fingerprint density at radius 3 is 2.75 bits per heavy atom. The largest absolute Gasteiger partial charge is 0.396 e. The predicted octanol–water partition coefficient (Wildman–Crippen LogP) is 0.247. The molecule has 2 N–H and O–H groups in total. The molecule has 0 aromatic carbocycles. The van der Waals surface area contributed by atoms with Crippen LogP contribution in [0.4, 0.5) is 0 Å². The van der Waals surface area contributed by atoms with Gasteiger partial charge in [0.05, 0.1) is 17.9 Å². The first-order valence-electron chi connectivity index (χ1n) is 5.68. The fourth-order valence-corrected chi connectivity index (χ4v) is 3.44. The van der Waals surface area contributed by atoms with E-state index in [4.69, 9.17) is 9.84 Å². The van der Waals surface area contributed by atoms with Gasteiger partial charge in [0.2, 0.25) is 10.0 Å². The molecule has 1 rings (SSSR count). The minimum atomic E-state index is -3.25. The number of ether oxygens (including phenoxy) is 1. The molecule has 0 spiro atoms. The van der Waals surface area contributed by atoms with E-state index in [1.165, 1.54) is 0 Å². The Labute approximate surface area is 97.2 Å². The van der Waals surface area contributed by atoms with Crippen LogP contribution in [0.1, 0.15) is 32.6 Å².